The van der Waals surface area contributed by atoms with E-state index < -0.39 is 0 Å². The van der Waals surface area contributed by atoms with Crippen molar-refractivity contribution >= 4 is 28.2 Å². The van der Waals surface area contributed by atoms with Crippen molar-refractivity contribution in [1.82, 2.24) is 0 Å². The second-order valence-electron chi connectivity index (χ2n) is 8.60. The summed E-state index contributed by atoms with van der Waals surface area (Å²) in [6.07, 6.45) is 14.6. The van der Waals surface area contributed by atoms with Crippen LogP contribution in [0.15, 0.2) is 58.8 Å². The lowest BCUT2D eigenvalue weighted by Crippen LogP contribution is -1.96. The number of benzene rings is 2. The first-order valence-electron chi connectivity index (χ1n) is 12.6. The maximum atomic E-state index is 10.7. The molecule has 5 heteroatoms. The van der Waals surface area contributed by atoms with Crippen LogP contribution in [0.1, 0.15) is 89.5 Å². The fourth-order valence-corrected chi connectivity index (χ4v) is 3.78. The van der Waals surface area contributed by atoms with Crippen LogP contribution in [-0.4, -0.2) is 11.8 Å². The van der Waals surface area contributed by atoms with E-state index in [1.807, 2.05) is 36.4 Å². The smallest absolute Gasteiger partial charge is 0.221 e. The number of carbonyl (C=O) groups excluding carboxylic acids is 1. The molecule has 0 bridgehead atoms. The third-order valence-corrected chi connectivity index (χ3v) is 5.85. The Bertz CT molecular complexity index is 804. The van der Waals surface area contributed by atoms with Gasteiger partial charge in [-0.1, -0.05) is 70.4 Å². The number of hydrogen-bond donors (Lipinski definition) is 0. The number of carbonyl (C=O) groups is 1. The lowest BCUT2D eigenvalue weighted by atomic mass is 10.1. The summed E-state index contributed by atoms with van der Waals surface area (Å²) in [5.74, 6) is 0.874. The highest BCUT2D eigenvalue weighted by molar-refractivity contribution is 6.63. The van der Waals surface area contributed by atoms with E-state index in [9.17, 15) is 4.79 Å². The number of ether oxygens (including phenoxy) is 1. The molecule has 2 rings (SSSR count). The molecule has 0 spiro atoms. The van der Waals surface area contributed by atoms with E-state index in [0.29, 0.717) is 6.42 Å². The molecule has 0 aromatic heterocycles. The molecular formula is C28H39ClN2O2. The topological polar surface area (TPSA) is 51.0 Å². The van der Waals surface area contributed by atoms with Gasteiger partial charge in [-0.3, -0.25) is 4.79 Å². The molecule has 0 unspecified atom stereocenters. The van der Waals surface area contributed by atoms with Gasteiger partial charge < -0.3 is 4.74 Å². The van der Waals surface area contributed by atoms with Crippen LogP contribution in [-0.2, 0) is 11.2 Å². The van der Waals surface area contributed by atoms with Crippen LogP contribution in [0.2, 0.25) is 0 Å². The molecule has 180 valence electrons. The molecule has 0 saturated carbocycles. The molecule has 0 amide bonds. The molecular weight excluding hydrogens is 432 g/mol. The third kappa shape index (κ3) is 13.2. The zero-order valence-corrected chi connectivity index (χ0v) is 20.9. The Kier molecular flexibility index (Phi) is 14.2. The molecule has 0 atom stereocenters. The van der Waals surface area contributed by atoms with Gasteiger partial charge in [-0.2, -0.15) is 10.2 Å². The van der Waals surface area contributed by atoms with Crippen LogP contribution in [0.5, 0.6) is 5.75 Å². The summed E-state index contributed by atoms with van der Waals surface area (Å²) < 4.78 is 5.84. The molecule has 0 radical (unpaired) electrons. The maximum Gasteiger partial charge on any atom is 0.221 e. The number of unbranched alkanes of at least 4 members (excludes halogenated alkanes) is 9. The summed E-state index contributed by atoms with van der Waals surface area (Å²) in [7, 11) is 0. The van der Waals surface area contributed by atoms with Gasteiger partial charge in [0.05, 0.1) is 18.0 Å². The molecule has 0 fully saturated rings. The van der Waals surface area contributed by atoms with Crippen molar-refractivity contribution in [3.05, 3.63) is 54.1 Å². The second kappa shape index (κ2) is 17.3. The summed E-state index contributed by atoms with van der Waals surface area (Å²) in [6.45, 7) is 2.97. The van der Waals surface area contributed by atoms with Crippen molar-refractivity contribution in [2.75, 3.05) is 6.61 Å². The van der Waals surface area contributed by atoms with Gasteiger partial charge in [0.25, 0.3) is 0 Å². The summed E-state index contributed by atoms with van der Waals surface area (Å²) in [5.41, 5.74) is 3.06. The zero-order chi connectivity index (χ0) is 23.6. The molecule has 2 aromatic carbocycles. The summed E-state index contributed by atoms with van der Waals surface area (Å²) in [6, 6.07) is 16.2. The van der Waals surface area contributed by atoms with E-state index >= 15 is 0 Å². The quantitative estimate of drug-likeness (QED) is 0.124. The Morgan fingerprint density at radius 3 is 1.85 bits per heavy atom. The lowest BCUT2D eigenvalue weighted by molar-refractivity contribution is -0.111. The SMILES string of the molecule is CCCCCc1ccc(N=Nc2ccc(OCCCCCCCCCCC(=O)Cl)cc2)cc1. The van der Waals surface area contributed by atoms with Gasteiger partial charge in [-0.25, -0.2) is 0 Å². The Morgan fingerprint density at radius 2 is 1.27 bits per heavy atom. The number of hydrogen-bond acceptors (Lipinski definition) is 4. The van der Waals surface area contributed by atoms with Gasteiger partial charge in [-0.15, -0.1) is 0 Å². The van der Waals surface area contributed by atoms with Crippen LogP contribution < -0.4 is 4.74 Å². The zero-order valence-electron chi connectivity index (χ0n) is 20.1. The van der Waals surface area contributed by atoms with Gasteiger partial charge in [0.2, 0.25) is 5.24 Å². The normalized spacial score (nSPS) is 11.2. The lowest BCUT2D eigenvalue weighted by Gasteiger charge is -2.06. The molecule has 4 nitrogen and oxygen atoms in total. The van der Waals surface area contributed by atoms with E-state index in [2.05, 4.69) is 29.3 Å². The summed E-state index contributed by atoms with van der Waals surface area (Å²) in [4.78, 5) is 10.7. The third-order valence-electron chi connectivity index (χ3n) is 5.66. The van der Waals surface area contributed by atoms with Crippen LogP contribution in [0.3, 0.4) is 0 Å². The molecule has 0 N–H and O–H groups in total. The molecule has 33 heavy (non-hydrogen) atoms. The largest absolute Gasteiger partial charge is 0.494 e. The minimum absolute atomic E-state index is 0.215. The fourth-order valence-electron chi connectivity index (χ4n) is 3.65. The second-order valence-corrected chi connectivity index (χ2v) is 9.02. The van der Waals surface area contributed by atoms with E-state index in [-0.39, 0.29) is 5.24 Å². The van der Waals surface area contributed by atoms with Gasteiger partial charge in [-0.05, 0) is 79.2 Å². The minimum atomic E-state index is -0.215. The predicted octanol–water partition coefficient (Wildman–Crippen LogP) is 9.49. The van der Waals surface area contributed by atoms with Crippen LogP contribution in [0.25, 0.3) is 0 Å². The average Bonchev–Trinajstić information content (AvgIpc) is 2.83. The number of nitrogens with zero attached hydrogens (tertiary/aromatic N) is 2. The van der Waals surface area contributed by atoms with Crippen molar-refractivity contribution in [2.45, 2.75) is 90.4 Å². The van der Waals surface area contributed by atoms with Crippen molar-refractivity contribution in [1.29, 1.82) is 0 Å². The van der Waals surface area contributed by atoms with Crippen LogP contribution in [0, 0.1) is 0 Å². The van der Waals surface area contributed by atoms with E-state index in [1.165, 1.54) is 56.9 Å². The summed E-state index contributed by atoms with van der Waals surface area (Å²) in [5, 5.41) is 8.46. The monoisotopic (exact) mass is 470 g/mol. The van der Waals surface area contributed by atoms with Crippen LogP contribution >= 0.6 is 11.6 Å². The van der Waals surface area contributed by atoms with Crippen molar-refractivity contribution < 1.29 is 9.53 Å². The van der Waals surface area contributed by atoms with E-state index in [1.54, 1.807) is 0 Å². The molecule has 0 saturated heterocycles. The Morgan fingerprint density at radius 1 is 0.727 bits per heavy atom. The van der Waals surface area contributed by atoms with Crippen molar-refractivity contribution in [3.8, 4) is 5.75 Å². The van der Waals surface area contributed by atoms with Gasteiger partial charge in [0, 0.05) is 6.42 Å². The Labute approximate surface area is 204 Å². The Balaban J connectivity index is 1.56. The van der Waals surface area contributed by atoms with Gasteiger partial charge in [0.1, 0.15) is 5.75 Å². The minimum Gasteiger partial charge on any atom is -0.494 e. The number of rotatable bonds is 18. The van der Waals surface area contributed by atoms with Gasteiger partial charge in [0.15, 0.2) is 0 Å². The number of azo groups is 1. The highest BCUT2D eigenvalue weighted by Gasteiger charge is 1.99. The molecule has 0 aliphatic rings. The van der Waals surface area contributed by atoms with Gasteiger partial charge >= 0.3 is 0 Å². The van der Waals surface area contributed by atoms with Crippen LogP contribution in [0.4, 0.5) is 11.4 Å². The molecule has 0 aliphatic heterocycles. The van der Waals surface area contributed by atoms with E-state index in [0.717, 1.165) is 49.4 Å². The van der Waals surface area contributed by atoms with Crippen molar-refractivity contribution in [2.24, 2.45) is 10.2 Å². The summed E-state index contributed by atoms with van der Waals surface area (Å²) >= 11 is 5.34. The standard InChI is InChI=1S/C28H39ClN2O2/c1-2-3-10-13-24-15-17-25(18-16-24)30-31-26-19-21-27(22-20-26)33-23-12-9-7-5-4-6-8-11-14-28(29)32/h15-22H,2-14,23H2,1H3. The number of aryl methyl sites for hydroxylation is 1. The van der Waals surface area contributed by atoms with E-state index in [4.69, 9.17) is 16.3 Å². The first-order valence-corrected chi connectivity index (χ1v) is 13.0. The highest BCUT2D eigenvalue weighted by Crippen LogP contribution is 2.22. The van der Waals surface area contributed by atoms with Crippen molar-refractivity contribution in [3.63, 3.8) is 0 Å². The average molecular weight is 471 g/mol. The molecule has 0 heterocycles. The first-order chi connectivity index (χ1) is 16.2. The molecule has 0 aliphatic carbocycles. The Hall–Kier alpha value is -2.20. The predicted molar refractivity (Wildman–Crippen MR) is 138 cm³/mol. The first kappa shape index (κ1) is 27.0. The highest BCUT2D eigenvalue weighted by atomic mass is 35.5. The number of halogens is 1. The maximum absolute atomic E-state index is 10.7. The molecule has 2 aromatic rings. The fraction of sp³-hybridized carbons (Fsp3) is 0.536.